The molecule has 3 heteroatoms. The molecule has 0 spiro atoms. The van der Waals surface area contributed by atoms with Crippen molar-refractivity contribution >= 4 is 15.9 Å². The molecule has 16 heavy (non-hydrogen) atoms. The summed E-state index contributed by atoms with van der Waals surface area (Å²) in [4.78, 5) is 0. The van der Waals surface area contributed by atoms with Gasteiger partial charge in [-0.05, 0) is 55.5 Å². The van der Waals surface area contributed by atoms with Crippen molar-refractivity contribution in [1.29, 1.82) is 0 Å². The highest BCUT2D eigenvalue weighted by Gasteiger charge is 2.21. The molecular weight excluding hydrogens is 269 g/mol. The molecule has 0 aromatic heterocycles. The van der Waals surface area contributed by atoms with E-state index in [1.165, 1.54) is 18.9 Å². The fourth-order valence-electron chi connectivity index (χ4n) is 1.80. The summed E-state index contributed by atoms with van der Waals surface area (Å²) < 4.78 is 14.1. The molecule has 1 aliphatic rings. The zero-order valence-corrected chi connectivity index (χ0v) is 11.1. The second kappa shape index (κ2) is 5.28. The third kappa shape index (κ3) is 3.56. The Balaban J connectivity index is 1.88. The van der Waals surface area contributed by atoms with Gasteiger partial charge in [0.25, 0.3) is 0 Å². The molecule has 1 aromatic rings. The molecule has 0 heterocycles. The van der Waals surface area contributed by atoms with Crippen molar-refractivity contribution in [3.8, 4) is 0 Å². The van der Waals surface area contributed by atoms with Gasteiger partial charge >= 0.3 is 0 Å². The maximum atomic E-state index is 13.1. The molecule has 0 saturated heterocycles. The molecule has 1 aromatic carbocycles. The number of nitrogens with one attached hydrogen (secondary N) is 1. The number of hydrogen-bond acceptors (Lipinski definition) is 1. The highest BCUT2D eigenvalue weighted by molar-refractivity contribution is 9.10. The summed E-state index contributed by atoms with van der Waals surface area (Å²) in [6, 6.07) is 5.64. The van der Waals surface area contributed by atoms with Crippen LogP contribution in [0.25, 0.3) is 0 Å². The van der Waals surface area contributed by atoms with E-state index < -0.39 is 0 Å². The monoisotopic (exact) mass is 285 g/mol. The highest BCUT2D eigenvalue weighted by Crippen LogP contribution is 2.22. The van der Waals surface area contributed by atoms with Crippen molar-refractivity contribution < 1.29 is 4.39 Å². The molecule has 1 unspecified atom stereocenters. The lowest BCUT2D eigenvalue weighted by atomic mass is 10.0. The van der Waals surface area contributed by atoms with Gasteiger partial charge < -0.3 is 5.32 Å². The van der Waals surface area contributed by atoms with Gasteiger partial charge in [-0.15, -0.1) is 0 Å². The molecule has 1 nitrogen and oxygen atoms in total. The molecule has 1 fully saturated rings. The maximum absolute atomic E-state index is 13.1. The lowest BCUT2D eigenvalue weighted by molar-refractivity contribution is 0.507. The van der Waals surface area contributed by atoms with Crippen LogP contribution < -0.4 is 5.32 Å². The SMILES string of the molecule is CC(CNC1CC1)Cc1cc(F)ccc1Br. The second-order valence-corrected chi connectivity index (χ2v) is 5.58. The van der Waals surface area contributed by atoms with Crippen molar-refractivity contribution in [2.24, 2.45) is 5.92 Å². The first-order valence-electron chi connectivity index (χ1n) is 5.82. The lowest BCUT2D eigenvalue weighted by Crippen LogP contribution is -2.24. The fourth-order valence-corrected chi connectivity index (χ4v) is 2.21. The third-order valence-electron chi connectivity index (χ3n) is 2.91. The number of halogens is 2. The van der Waals surface area contributed by atoms with E-state index in [0.717, 1.165) is 29.0 Å². The predicted octanol–water partition coefficient (Wildman–Crippen LogP) is 3.52. The zero-order valence-electron chi connectivity index (χ0n) is 9.47. The molecule has 1 atom stereocenters. The molecule has 1 saturated carbocycles. The van der Waals surface area contributed by atoms with Gasteiger partial charge in [0.2, 0.25) is 0 Å². The summed E-state index contributed by atoms with van der Waals surface area (Å²) >= 11 is 3.46. The van der Waals surface area contributed by atoms with E-state index in [9.17, 15) is 4.39 Å². The summed E-state index contributed by atoms with van der Waals surface area (Å²) in [6.07, 6.45) is 3.55. The molecule has 1 N–H and O–H groups in total. The Morgan fingerprint density at radius 1 is 1.50 bits per heavy atom. The van der Waals surface area contributed by atoms with Crippen LogP contribution >= 0.6 is 15.9 Å². The predicted molar refractivity (Wildman–Crippen MR) is 68.0 cm³/mol. The smallest absolute Gasteiger partial charge is 0.123 e. The highest BCUT2D eigenvalue weighted by atomic mass is 79.9. The quantitative estimate of drug-likeness (QED) is 0.873. The first-order valence-corrected chi connectivity index (χ1v) is 6.62. The number of rotatable bonds is 5. The fraction of sp³-hybridized carbons (Fsp3) is 0.538. The standard InChI is InChI=1S/C13H17BrFN/c1-9(8-16-12-3-4-12)6-10-7-11(15)2-5-13(10)14/h2,5,7,9,12,16H,3-4,6,8H2,1H3. The van der Waals surface area contributed by atoms with Crippen LogP contribution in [0.1, 0.15) is 25.3 Å². The van der Waals surface area contributed by atoms with Gasteiger partial charge in [0, 0.05) is 10.5 Å². The molecule has 2 rings (SSSR count). The lowest BCUT2D eigenvalue weighted by Gasteiger charge is -2.13. The Labute approximate surface area is 105 Å². The Kier molecular flexibility index (Phi) is 3.98. The van der Waals surface area contributed by atoms with Crippen LogP contribution in [0, 0.1) is 11.7 Å². The van der Waals surface area contributed by atoms with E-state index in [4.69, 9.17) is 0 Å². The first kappa shape index (κ1) is 12.1. The van der Waals surface area contributed by atoms with Gasteiger partial charge in [0.1, 0.15) is 5.82 Å². The van der Waals surface area contributed by atoms with E-state index in [-0.39, 0.29) is 5.82 Å². The van der Waals surface area contributed by atoms with Crippen LogP contribution in [-0.4, -0.2) is 12.6 Å². The molecule has 88 valence electrons. The van der Waals surface area contributed by atoms with Crippen LogP contribution in [0.5, 0.6) is 0 Å². The summed E-state index contributed by atoms with van der Waals surface area (Å²) in [7, 11) is 0. The van der Waals surface area contributed by atoms with Gasteiger partial charge in [0.15, 0.2) is 0 Å². The second-order valence-electron chi connectivity index (χ2n) is 4.73. The molecule has 0 aliphatic heterocycles. The Bertz CT molecular complexity index is 363. The van der Waals surface area contributed by atoms with E-state index in [2.05, 4.69) is 28.2 Å². The van der Waals surface area contributed by atoms with E-state index in [1.54, 1.807) is 12.1 Å². The summed E-state index contributed by atoms with van der Waals surface area (Å²) in [5, 5.41) is 3.50. The minimum Gasteiger partial charge on any atom is -0.314 e. The Hall–Kier alpha value is -0.410. The minimum atomic E-state index is -0.152. The van der Waals surface area contributed by atoms with E-state index in [0.29, 0.717) is 5.92 Å². The number of benzene rings is 1. The Morgan fingerprint density at radius 2 is 2.25 bits per heavy atom. The summed E-state index contributed by atoms with van der Waals surface area (Å²) in [5.41, 5.74) is 1.06. The van der Waals surface area contributed by atoms with Crippen LogP contribution in [0.4, 0.5) is 4.39 Å². The molecular formula is C13H17BrFN. The minimum absolute atomic E-state index is 0.152. The number of hydrogen-bond donors (Lipinski definition) is 1. The topological polar surface area (TPSA) is 12.0 Å². The molecule has 0 bridgehead atoms. The van der Waals surface area contributed by atoms with Crippen molar-refractivity contribution in [1.82, 2.24) is 5.32 Å². The molecule has 1 aliphatic carbocycles. The van der Waals surface area contributed by atoms with Crippen LogP contribution in [0.2, 0.25) is 0 Å². The molecule has 0 amide bonds. The van der Waals surface area contributed by atoms with Crippen LogP contribution in [-0.2, 0) is 6.42 Å². The average molecular weight is 286 g/mol. The largest absolute Gasteiger partial charge is 0.314 e. The average Bonchev–Trinajstić information content (AvgIpc) is 3.04. The Morgan fingerprint density at radius 3 is 2.94 bits per heavy atom. The first-order chi connectivity index (χ1) is 7.65. The van der Waals surface area contributed by atoms with Gasteiger partial charge in [-0.3, -0.25) is 0 Å². The van der Waals surface area contributed by atoms with Gasteiger partial charge in [0.05, 0.1) is 0 Å². The van der Waals surface area contributed by atoms with Crippen LogP contribution in [0.15, 0.2) is 22.7 Å². The third-order valence-corrected chi connectivity index (χ3v) is 3.68. The van der Waals surface area contributed by atoms with E-state index >= 15 is 0 Å². The van der Waals surface area contributed by atoms with Gasteiger partial charge in [-0.25, -0.2) is 4.39 Å². The van der Waals surface area contributed by atoms with Gasteiger partial charge in [-0.2, -0.15) is 0 Å². The van der Waals surface area contributed by atoms with E-state index in [1.807, 2.05) is 0 Å². The van der Waals surface area contributed by atoms with Crippen molar-refractivity contribution in [2.45, 2.75) is 32.2 Å². The van der Waals surface area contributed by atoms with Crippen molar-refractivity contribution in [2.75, 3.05) is 6.54 Å². The van der Waals surface area contributed by atoms with Gasteiger partial charge in [-0.1, -0.05) is 22.9 Å². The normalized spacial score (nSPS) is 17.4. The summed E-state index contributed by atoms with van der Waals surface area (Å²) in [5.74, 6) is 0.388. The molecule has 0 radical (unpaired) electrons. The van der Waals surface area contributed by atoms with Crippen molar-refractivity contribution in [3.05, 3.63) is 34.1 Å². The zero-order chi connectivity index (χ0) is 11.5. The summed E-state index contributed by atoms with van der Waals surface area (Å²) in [6.45, 7) is 3.22. The van der Waals surface area contributed by atoms with Crippen LogP contribution in [0.3, 0.4) is 0 Å². The van der Waals surface area contributed by atoms with Crippen molar-refractivity contribution in [3.63, 3.8) is 0 Å². The maximum Gasteiger partial charge on any atom is 0.123 e.